The lowest BCUT2D eigenvalue weighted by molar-refractivity contribution is -0.132. The quantitative estimate of drug-likeness (QED) is 0.845. The van der Waals surface area contributed by atoms with Crippen molar-refractivity contribution in [1.82, 2.24) is 9.88 Å². The minimum atomic E-state index is 0.163. The number of rotatable bonds is 5. The number of carbonyl (C=O) groups is 1. The van der Waals surface area contributed by atoms with Gasteiger partial charge in [-0.25, -0.2) is 4.98 Å². The van der Waals surface area contributed by atoms with Crippen LogP contribution < -0.4 is 9.64 Å². The predicted octanol–water partition coefficient (Wildman–Crippen LogP) is 2.57. The molecule has 0 radical (unpaired) electrons. The number of nitrogens with zero attached hydrogens (tertiary/aromatic N) is 3. The Hall–Kier alpha value is -2.08. The molecule has 1 aromatic carbocycles. The molecule has 1 amide bonds. The first-order chi connectivity index (χ1) is 11.2. The second-order valence-electron chi connectivity index (χ2n) is 5.55. The molecule has 2 aromatic rings. The van der Waals surface area contributed by atoms with Crippen molar-refractivity contribution in [2.24, 2.45) is 0 Å². The number of thiazole rings is 1. The summed E-state index contributed by atoms with van der Waals surface area (Å²) in [5.41, 5.74) is 1.06. The fourth-order valence-electron chi connectivity index (χ4n) is 2.56. The number of amides is 1. The lowest BCUT2D eigenvalue weighted by Crippen LogP contribution is -2.49. The average molecular weight is 331 g/mol. The largest absolute Gasteiger partial charge is 0.493 e. The van der Waals surface area contributed by atoms with Gasteiger partial charge in [-0.2, -0.15) is 0 Å². The second kappa shape index (κ2) is 7.46. The molecule has 0 saturated carbocycles. The van der Waals surface area contributed by atoms with Gasteiger partial charge in [0, 0.05) is 31.6 Å². The molecule has 0 unspecified atom stereocenters. The zero-order valence-electron chi connectivity index (χ0n) is 13.3. The maximum absolute atomic E-state index is 12.2. The third-order valence-corrected chi connectivity index (χ3v) is 4.86. The summed E-state index contributed by atoms with van der Waals surface area (Å²) in [6.07, 6.45) is 0.422. The predicted molar refractivity (Wildman–Crippen MR) is 92.2 cm³/mol. The Morgan fingerprint density at radius 1 is 1.22 bits per heavy atom. The van der Waals surface area contributed by atoms with Gasteiger partial charge in [0.15, 0.2) is 5.13 Å². The third kappa shape index (κ3) is 4.22. The number of hydrogen-bond donors (Lipinski definition) is 0. The van der Waals surface area contributed by atoms with Gasteiger partial charge in [0.1, 0.15) is 5.75 Å². The van der Waals surface area contributed by atoms with Crippen LogP contribution in [0, 0.1) is 6.92 Å². The fourth-order valence-corrected chi connectivity index (χ4v) is 3.42. The van der Waals surface area contributed by atoms with E-state index in [1.54, 1.807) is 11.3 Å². The maximum Gasteiger partial charge on any atom is 0.226 e. The molecular weight excluding hydrogens is 310 g/mol. The van der Waals surface area contributed by atoms with Crippen LogP contribution >= 0.6 is 11.3 Å². The summed E-state index contributed by atoms with van der Waals surface area (Å²) in [6.45, 7) is 5.63. The van der Waals surface area contributed by atoms with E-state index in [9.17, 15) is 4.79 Å². The van der Waals surface area contributed by atoms with E-state index < -0.39 is 0 Å². The summed E-state index contributed by atoms with van der Waals surface area (Å²) in [5.74, 6) is 0.972. The molecule has 0 aliphatic carbocycles. The van der Waals surface area contributed by atoms with Gasteiger partial charge in [-0.05, 0) is 19.1 Å². The van der Waals surface area contributed by atoms with Gasteiger partial charge in [-0.1, -0.05) is 18.2 Å². The molecule has 1 fully saturated rings. The monoisotopic (exact) mass is 331 g/mol. The molecule has 0 spiro atoms. The minimum absolute atomic E-state index is 0.163. The Morgan fingerprint density at radius 2 is 1.96 bits per heavy atom. The van der Waals surface area contributed by atoms with Crippen LogP contribution in [-0.4, -0.2) is 48.6 Å². The molecule has 5 nitrogen and oxygen atoms in total. The van der Waals surface area contributed by atoms with Gasteiger partial charge in [0.25, 0.3) is 0 Å². The molecule has 6 heteroatoms. The minimum Gasteiger partial charge on any atom is -0.493 e. The van der Waals surface area contributed by atoms with E-state index in [4.69, 9.17) is 4.74 Å². The highest BCUT2D eigenvalue weighted by molar-refractivity contribution is 7.13. The van der Waals surface area contributed by atoms with Crippen molar-refractivity contribution in [3.63, 3.8) is 0 Å². The van der Waals surface area contributed by atoms with E-state index in [2.05, 4.69) is 15.3 Å². The summed E-state index contributed by atoms with van der Waals surface area (Å²) < 4.78 is 5.59. The Kier molecular flexibility index (Phi) is 5.12. The van der Waals surface area contributed by atoms with E-state index in [0.717, 1.165) is 42.8 Å². The van der Waals surface area contributed by atoms with Gasteiger partial charge < -0.3 is 14.5 Å². The van der Waals surface area contributed by atoms with Crippen LogP contribution in [0.25, 0.3) is 0 Å². The van der Waals surface area contributed by atoms with Gasteiger partial charge >= 0.3 is 0 Å². The molecule has 0 atom stereocenters. The highest BCUT2D eigenvalue weighted by Crippen LogP contribution is 2.21. The first-order valence-electron chi connectivity index (χ1n) is 7.85. The molecule has 1 saturated heterocycles. The first kappa shape index (κ1) is 15.8. The third-order valence-electron chi connectivity index (χ3n) is 3.84. The molecule has 0 N–H and O–H groups in total. The van der Waals surface area contributed by atoms with E-state index in [0.29, 0.717) is 13.0 Å². The van der Waals surface area contributed by atoms with Crippen molar-refractivity contribution in [2.75, 3.05) is 37.7 Å². The Balaban J connectivity index is 1.41. The van der Waals surface area contributed by atoms with Crippen molar-refractivity contribution in [2.45, 2.75) is 13.3 Å². The number of aryl methyl sites for hydroxylation is 1. The number of anilines is 1. The summed E-state index contributed by atoms with van der Waals surface area (Å²) in [4.78, 5) is 20.9. The van der Waals surface area contributed by atoms with Crippen LogP contribution in [-0.2, 0) is 4.79 Å². The second-order valence-corrected chi connectivity index (χ2v) is 6.39. The zero-order valence-corrected chi connectivity index (χ0v) is 14.1. The number of carbonyl (C=O) groups excluding carboxylic acids is 1. The van der Waals surface area contributed by atoms with Crippen LogP contribution in [0.1, 0.15) is 12.1 Å². The molecule has 3 rings (SSSR count). The van der Waals surface area contributed by atoms with Crippen molar-refractivity contribution in [3.05, 3.63) is 41.4 Å². The van der Waals surface area contributed by atoms with Gasteiger partial charge in [-0.15, -0.1) is 11.3 Å². The molecular formula is C17H21N3O2S. The fraction of sp³-hybridized carbons (Fsp3) is 0.412. The summed E-state index contributed by atoms with van der Waals surface area (Å²) >= 11 is 1.67. The lowest BCUT2D eigenvalue weighted by Gasteiger charge is -2.34. The number of ether oxygens (including phenoxy) is 1. The van der Waals surface area contributed by atoms with E-state index >= 15 is 0 Å². The molecule has 23 heavy (non-hydrogen) atoms. The van der Waals surface area contributed by atoms with Crippen molar-refractivity contribution in [3.8, 4) is 5.75 Å². The van der Waals surface area contributed by atoms with Gasteiger partial charge in [0.05, 0.1) is 18.7 Å². The standard InChI is InChI=1S/C17H21N3O2S/c1-14-13-23-17(18-14)20-10-8-19(9-11-20)16(21)7-12-22-15-5-3-2-4-6-15/h2-6,13H,7-12H2,1H3. The van der Waals surface area contributed by atoms with E-state index in [1.165, 1.54) is 0 Å². The highest BCUT2D eigenvalue weighted by atomic mass is 32.1. The normalized spacial score (nSPS) is 14.8. The molecule has 1 aliphatic heterocycles. The molecule has 0 bridgehead atoms. The first-order valence-corrected chi connectivity index (χ1v) is 8.73. The SMILES string of the molecule is Cc1csc(N2CCN(C(=O)CCOc3ccccc3)CC2)n1. The van der Waals surface area contributed by atoms with Crippen molar-refractivity contribution in [1.29, 1.82) is 0 Å². The smallest absolute Gasteiger partial charge is 0.226 e. The summed E-state index contributed by atoms with van der Waals surface area (Å²) in [6, 6.07) is 9.60. The number of para-hydroxylation sites is 1. The topological polar surface area (TPSA) is 45.7 Å². The molecule has 122 valence electrons. The average Bonchev–Trinajstić information content (AvgIpc) is 3.02. The number of piperazine rings is 1. The van der Waals surface area contributed by atoms with Crippen LogP contribution in [0.2, 0.25) is 0 Å². The summed E-state index contributed by atoms with van der Waals surface area (Å²) in [5, 5.41) is 3.12. The number of aromatic nitrogens is 1. The van der Waals surface area contributed by atoms with Gasteiger partial charge in [-0.3, -0.25) is 4.79 Å². The van der Waals surface area contributed by atoms with Crippen LogP contribution in [0.5, 0.6) is 5.75 Å². The Labute approximate surface area is 140 Å². The number of hydrogen-bond acceptors (Lipinski definition) is 5. The highest BCUT2D eigenvalue weighted by Gasteiger charge is 2.22. The molecule has 1 aliphatic rings. The zero-order chi connectivity index (χ0) is 16.1. The van der Waals surface area contributed by atoms with Gasteiger partial charge in [0.2, 0.25) is 5.91 Å². The Bertz CT molecular complexity index is 636. The van der Waals surface area contributed by atoms with E-state index in [-0.39, 0.29) is 5.91 Å². The molecule has 2 heterocycles. The van der Waals surface area contributed by atoms with Crippen LogP contribution in [0.3, 0.4) is 0 Å². The van der Waals surface area contributed by atoms with Crippen molar-refractivity contribution >= 4 is 22.4 Å². The van der Waals surface area contributed by atoms with Crippen LogP contribution in [0.4, 0.5) is 5.13 Å². The van der Waals surface area contributed by atoms with Crippen LogP contribution in [0.15, 0.2) is 35.7 Å². The Morgan fingerprint density at radius 3 is 2.61 bits per heavy atom. The molecule has 1 aromatic heterocycles. The van der Waals surface area contributed by atoms with Crippen molar-refractivity contribution < 1.29 is 9.53 Å². The lowest BCUT2D eigenvalue weighted by atomic mass is 10.3. The number of benzene rings is 1. The maximum atomic E-state index is 12.2. The van der Waals surface area contributed by atoms with E-state index in [1.807, 2.05) is 42.2 Å². The summed E-state index contributed by atoms with van der Waals surface area (Å²) in [7, 11) is 0.